The summed E-state index contributed by atoms with van der Waals surface area (Å²) in [6.45, 7) is 0.795. The Morgan fingerprint density at radius 3 is 2.69 bits per heavy atom. The van der Waals surface area contributed by atoms with Crippen LogP contribution in [0.2, 0.25) is 0 Å². The number of fused-ring (bicyclic) bond motifs is 1. The molecule has 5 nitrogen and oxygen atoms in total. The summed E-state index contributed by atoms with van der Waals surface area (Å²) >= 11 is 0. The Bertz CT molecular complexity index is 930. The first kappa shape index (κ1) is 16.6. The van der Waals surface area contributed by atoms with Crippen LogP contribution < -0.4 is 4.74 Å². The van der Waals surface area contributed by atoms with Crippen LogP contribution >= 0.6 is 0 Å². The molecule has 0 unspecified atom stereocenters. The predicted octanol–water partition coefficient (Wildman–Crippen LogP) is 3.49. The molecule has 0 aliphatic carbocycles. The summed E-state index contributed by atoms with van der Waals surface area (Å²) in [5, 5.41) is 0. The molecule has 1 aromatic heterocycles. The average molecular weight is 349 g/mol. The fourth-order valence-corrected chi connectivity index (χ4v) is 3.82. The minimum Gasteiger partial charge on any atom is -0.497 e. The molecule has 0 radical (unpaired) electrons. The van der Waals surface area contributed by atoms with Gasteiger partial charge in [-0.15, -0.1) is 0 Å². The lowest BCUT2D eigenvalue weighted by Crippen LogP contribution is -2.33. The number of aryl methyl sites for hydroxylation is 1. The van der Waals surface area contributed by atoms with Gasteiger partial charge < -0.3 is 14.2 Å². The van der Waals surface area contributed by atoms with E-state index in [0.29, 0.717) is 6.42 Å². The normalized spacial score (nSPS) is 17.0. The first-order valence-electron chi connectivity index (χ1n) is 9.01. The minimum absolute atomic E-state index is 0.0538. The van der Waals surface area contributed by atoms with Crippen molar-refractivity contribution in [3.8, 4) is 5.75 Å². The number of imidazole rings is 1. The summed E-state index contributed by atoms with van der Waals surface area (Å²) in [6, 6.07) is 15.9. The van der Waals surface area contributed by atoms with Crippen LogP contribution in [-0.4, -0.2) is 34.0 Å². The summed E-state index contributed by atoms with van der Waals surface area (Å²) in [6.07, 6.45) is 2.39. The third-order valence-electron chi connectivity index (χ3n) is 5.21. The summed E-state index contributed by atoms with van der Waals surface area (Å²) in [5.74, 6) is 1.94. The molecule has 0 spiro atoms. The van der Waals surface area contributed by atoms with Crippen molar-refractivity contribution in [3.05, 3.63) is 59.9 Å². The van der Waals surface area contributed by atoms with E-state index < -0.39 is 0 Å². The number of rotatable bonds is 4. The molecule has 0 bridgehead atoms. The lowest BCUT2D eigenvalue weighted by atomic mass is 10.1. The van der Waals surface area contributed by atoms with Crippen LogP contribution in [0.1, 0.15) is 30.3 Å². The minimum atomic E-state index is 0.0538. The molecule has 1 saturated heterocycles. The van der Waals surface area contributed by atoms with Crippen molar-refractivity contribution in [1.82, 2.24) is 14.5 Å². The quantitative estimate of drug-likeness (QED) is 0.724. The number of benzene rings is 2. The van der Waals surface area contributed by atoms with Gasteiger partial charge in [0.1, 0.15) is 11.6 Å². The Morgan fingerprint density at radius 1 is 1.19 bits per heavy atom. The van der Waals surface area contributed by atoms with E-state index in [-0.39, 0.29) is 11.9 Å². The number of hydrogen-bond acceptors (Lipinski definition) is 3. The van der Waals surface area contributed by atoms with Crippen LogP contribution in [-0.2, 0) is 18.3 Å². The van der Waals surface area contributed by atoms with Crippen molar-refractivity contribution in [2.24, 2.45) is 7.05 Å². The van der Waals surface area contributed by atoms with Gasteiger partial charge in [-0.2, -0.15) is 0 Å². The molecular weight excluding hydrogens is 326 g/mol. The summed E-state index contributed by atoms with van der Waals surface area (Å²) in [5.41, 5.74) is 3.10. The van der Waals surface area contributed by atoms with Crippen LogP contribution in [0.15, 0.2) is 48.5 Å². The van der Waals surface area contributed by atoms with Crippen molar-refractivity contribution in [3.63, 3.8) is 0 Å². The summed E-state index contributed by atoms with van der Waals surface area (Å²) in [4.78, 5) is 19.7. The molecule has 1 fully saturated rings. The standard InChI is InChI=1S/C21H23N3O2/c1-23-18-7-4-3-6-17(18)22-21(23)19-8-5-13-24(19)20(25)14-15-9-11-16(26-2)12-10-15/h3-4,6-7,9-12,19H,5,8,13-14H2,1-2H3/t19-/m0/s1. The lowest BCUT2D eigenvalue weighted by Gasteiger charge is -2.24. The van der Waals surface area contributed by atoms with Gasteiger partial charge in [-0.05, 0) is 42.7 Å². The van der Waals surface area contributed by atoms with Crippen molar-refractivity contribution in [2.45, 2.75) is 25.3 Å². The van der Waals surface area contributed by atoms with Crippen LogP contribution in [0.4, 0.5) is 0 Å². The van der Waals surface area contributed by atoms with Gasteiger partial charge in [-0.3, -0.25) is 4.79 Å². The van der Waals surface area contributed by atoms with Gasteiger partial charge >= 0.3 is 0 Å². The molecule has 4 rings (SSSR count). The number of amides is 1. The fourth-order valence-electron chi connectivity index (χ4n) is 3.82. The zero-order valence-corrected chi connectivity index (χ0v) is 15.2. The summed E-state index contributed by atoms with van der Waals surface area (Å²) < 4.78 is 7.31. The van der Waals surface area contributed by atoms with Gasteiger partial charge in [-0.1, -0.05) is 24.3 Å². The van der Waals surface area contributed by atoms with Gasteiger partial charge in [-0.25, -0.2) is 4.98 Å². The number of ether oxygens (including phenoxy) is 1. The number of hydrogen-bond donors (Lipinski definition) is 0. The zero-order valence-electron chi connectivity index (χ0n) is 15.2. The maximum atomic E-state index is 12.9. The first-order chi connectivity index (χ1) is 12.7. The molecule has 5 heteroatoms. The highest BCUT2D eigenvalue weighted by atomic mass is 16.5. The van der Waals surface area contributed by atoms with Crippen molar-refractivity contribution in [1.29, 1.82) is 0 Å². The second-order valence-electron chi connectivity index (χ2n) is 6.79. The SMILES string of the molecule is COc1ccc(CC(=O)N2CCC[C@H]2c2nc3ccccc3n2C)cc1. The van der Waals surface area contributed by atoms with E-state index >= 15 is 0 Å². The number of aromatic nitrogens is 2. The molecular formula is C21H23N3O2. The Labute approximate surface area is 153 Å². The highest BCUT2D eigenvalue weighted by Gasteiger charge is 2.33. The number of likely N-dealkylation sites (tertiary alicyclic amines) is 1. The molecule has 1 amide bonds. The maximum Gasteiger partial charge on any atom is 0.227 e. The van der Waals surface area contributed by atoms with Gasteiger partial charge in [0.25, 0.3) is 0 Å². The monoisotopic (exact) mass is 349 g/mol. The Kier molecular flexibility index (Phi) is 4.37. The second kappa shape index (κ2) is 6.83. The topological polar surface area (TPSA) is 47.4 Å². The summed E-state index contributed by atoms with van der Waals surface area (Å²) in [7, 11) is 3.68. The van der Waals surface area contributed by atoms with E-state index in [4.69, 9.17) is 9.72 Å². The molecule has 0 saturated carbocycles. The first-order valence-corrected chi connectivity index (χ1v) is 9.01. The Morgan fingerprint density at radius 2 is 1.96 bits per heavy atom. The third-order valence-corrected chi connectivity index (χ3v) is 5.21. The number of para-hydroxylation sites is 2. The smallest absolute Gasteiger partial charge is 0.227 e. The second-order valence-corrected chi connectivity index (χ2v) is 6.79. The van der Waals surface area contributed by atoms with E-state index in [1.165, 1.54) is 0 Å². The highest BCUT2D eigenvalue weighted by molar-refractivity contribution is 5.80. The predicted molar refractivity (Wildman–Crippen MR) is 101 cm³/mol. The van der Waals surface area contributed by atoms with Gasteiger partial charge in [0, 0.05) is 13.6 Å². The van der Waals surface area contributed by atoms with E-state index in [2.05, 4.69) is 10.6 Å². The molecule has 1 atom stereocenters. The molecule has 1 aliphatic heterocycles. The lowest BCUT2D eigenvalue weighted by molar-refractivity contribution is -0.131. The van der Waals surface area contributed by atoms with E-state index in [9.17, 15) is 4.79 Å². The molecule has 1 aliphatic rings. The van der Waals surface area contributed by atoms with Crippen LogP contribution in [0.3, 0.4) is 0 Å². The van der Waals surface area contributed by atoms with Crippen molar-refractivity contribution < 1.29 is 9.53 Å². The Balaban J connectivity index is 1.57. The third kappa shape index (κ3) is 2.94. The average Bonchev–Trinajstić information content (AvgIpc) is 3.27. The van der Waals surface area contributed by atoms with Gasteiger partial charge in [0.2, 0.25) is 5.91 Å². The molecule has 3 aromatic rings. The van der Waals surface area contributed by atoms with Crippen molar-refractivity contribution in [2.75, 3.05) is 13.7 Å². The van der Waals surface area contributed by atoms with E-state index in [1.54, 1.807) is 7.11 Å². The molecule has 134 valence electrons. The van der Waals surface area contributed by atoms with Crippen LogP contribution in [0.25, 0.3) is 11.0 Å². The highest BCUT2D eigenvalue weighted by Crippen LogP contribution is 2.33. The molecule has 2 aromatic carbocycles. The maximum absolute atomic E-state index is 12.9. The largest absolute Gasteiger partial charge is 0.497 e. The zero-order chi connectivity index (χ0) is 18.1. The van der Waals surface area contributed by atoms with Gasteiger partial charge in [0.05, 0.1) is 30.6 Å². The van der Waals surface area contributed by atoms with Gasteiger partial charge in [0.15, 0.2) is 0 Å². The fraction of sp³-hybridized carbons (Fsp3) is 0.333. The molecule has 0 N–H and O–H groups in total. The van der Waals surface area contributed by atoms with Crippen LogP contribution in [0, 0.1) is 0 Å². The molecule has 26 heavy (non-hydrogen) atoms. The van der Waals surface area contributed by atoms with E-state index in [0.717, 1.165) is 47.6 Å². The van der Waals surface area contributed by atoms with Crippen molar-refractivity contribution >= 4 is 16.9 Å². The number of nitrogens with zero attached hydrogens (tertiary/aromatic N) is 3. The number of methoxy groups -OCH3 is 1. The molecule has 2 heterocycles. The van der Waals surface area contributed by atoms with Crippen LogP contribution in [0.5, 0.6) is 5.75 Å². The number of carbonyl (C=O) groups is 1. The number of carbonyl (C=O) groups excluding carboxylic acids is 1. The van der Waals surface area contributed by atoms with E-state index in [1.807, 2.05) is 54.4 Å². The Hall–Kier alpha value is -2.82.